The zero-order valence-corrected chi connectivity index (χ0v) is 11.6. The van der Waals surface area contributed by atoms with Gasteiger partial charge in [-0.2, -0.15) is 5.26 Å². The molecule has 2 nitrogen and oxygen atoms in total. The van der Waals surface area contributed by atoms with Crippen molar-refractivity contribution in [1.82, 2.24) is 0 Å². The normalized spacial score (nSPS) is 11.2. The van der Waals surface area contributed by atoms with Crippen LogP contribution in [0, 0.1) is 16.7 Å². The van der Waals surface area contributed by atoms with Crippen molar-refractivity contribution in [2.75, 3.05) is 11.9 Å². The summed E-state index contributed by atoms with van der Waals surface area (Å²) in [5.74, 6) is 0. The lowest BCUT2D eigenvalue weighted by atomic mass is 9.90. The van der Waals surface area contributed by atoms with Crippen LogP contribution < -0.4 is 5.32 Å². The minimum absolute atomic E-state index is 0.217. The van der Waals surface area contributed by atoms with Gasteiger partial charge in [-0.3, -0.25) is 0 Å². The van der Waals surface area contributed by atoms with Gasteiger partial charge in [-0.1, -0.05) is 30.3 Å². The topological polar surface area (TPSA) is 35.8 Å². The first-order valence-electron chi connectivity index (χ1n) is 6.75. The summed E-state index contributed by atoms with van der Waals surface area (Å²) in [6.45, 7) is 4.88. The van der Waals surface area contributed by atoms with Crippen molar-refractivity contribution in [1.29, 1.82) is 5.26 Å². The molecular formula is C17H20N2. The van der Waals surface area contributed by atoms with Crippen LogP contribution in [-0.4, -0.2) is 6.54 Å². The molecule has 0 saturated carbocycles. The summed E-state index contributed by atoms with van der Waals surface area (Å²) in [4.78, 5) is 0. The van der Waals surface area contributed by atoms with Crippen LogP contribution in [0.3, 0.4) is 0 Å². The molecule has 0 bridgehead atoms. The van der Waals surface area contributed by atoms with Gasteiger partial charge in [0.05, 0.1) is 11.5 Å². The first-order valence-corrected chi connectivity index (χ1v) is 6.75. The number of hydrogen-bond donors (Lipinski definition) is 1. The number of nitrogens with one attached hydrogen (secondary N) is 1. The molecule has 0 aliphatic carbocycles. The Hall–Kier alpha value is -2.01. The van der Waals surface area contributed by atoms with E-state index in [1.165, 1.54) is 10.8 Å². The van der Waals surface area contributed by atoms with Gasteiger partial charge in [0.15, 0.2) is 0 Å². The molecule has 2 heteroatoms. The highest BCUT2D eigenvalue weighted by atomic mass is 14.9. The van der Waals surface area contributed by atoms with E-state index in [1.807, 2.05) is 13.8 Å². The standard InChI is InChI=1S/C17H20N2/c1-17(2,13-18)10-5-11-19-16-9-8-14-6-3-4-7-15(14)12-16/h3-4,6-9,12,19H,5,10-11H2,1-2H3. The van der Waals surface area contributed by atoms with Gasteiger partial charge >= 0.3 is 0 Å². The first kappa shape index (κ1) is 13.4. The van der Waals surface area contributed by atoms with E-state index < -0.39 is 0 Å². The Bertz CT molecular complexity index is 593. The molecule has 98 valence electrons. The lowest BCUT2D eigenvalue weighted by molar-refractivity contribution is 0.441. The predicted molar refractivity (Wildman–Crippen MR) is 81.1 cm³/mol. The molecule has 0 aromatic heterocycles. The van der Waals surface area contributed by atoms with Crippen molar-refractivity contribution < 1.29 is 0 Å². The van der Waals surface area contributed by atoms with Crippen LogP contribution in [0.5, 0.6) is 0 Å². The van der Waals surface area contributed by atoms with Crippen molar-refractivity contribution in [2.45, 2.75) is 26.7 Å². The third-order valence-electron chi connectivity index (χ3n) is 3.36. The van der Waals surface area contributed by atoms with Crippen molar-refractivity contribution in [3.63, 3.8) is 0 Å². The van der Waals surface area contributed by atoms with Gasteiger partial charge in [0, 0.05) is 12.2 Å². The fraction of sp³-hybridized carbons (Fsp3) is 0.353. The van der Waals surface area contributed by atoms with Crippen LogP contribution in [0.2, 0.25) is 0 Å². The second-order valence-corrected chi connectivity index (χ2v) is 5.59. The van der Waals surface area contributed by atoms with Crippen LogP contribution in [0.15, 0.2) is 42.5 Å². The molecule has 2 aromatic rings. The Labute approximate surface area is 115 Å². The van der Waals surface area contributed by atoms with Gasteiger partial charge in [0.25, 0.3) is 0 Å². The third kappa shape index (κ3) is 3.72. The Morgan fingerprint density at radius 1 is 1.11 bits per heavy atom. The molecule has 0 saturated heterocycles. The molecule has 0 radical (unpaired) electrons. The van der Waals surface area contributed by atoms with E-state index in [0.717, 1.165) is 25.1 Å². The molecule has 1 N–H and O–H groups in total. The highest BCUT2D eigenvalue weighted by Crippen LogP contribution is 2.22. The Morgan fingerprint density at radius 2 is 1.84 bits per heavy atom. The highest BCUT2D eigenvalue weighted by Gasteiger charge is 2.15. The third-order valence-corrected chi connectivity index (χ3v) is 3.36. The average molecular weight is 252 g/mol. The molecule has 0 aliphatic rings. The second kappa shape index (κ2) is 5.75. The number of benzene rings is 2. The summed E-state index contributed by atoms with van der Waals surface area (Å²) in [5, 5.41) is 14.9. The molecule has 2 aromatic carbocycles. The van der Waals surface area contributed by atoms with E-state index in [2.05, 4.69) is 53.9 Å². The molecular weight excluding hydrogens is 232 g/mol. The summed E-state index contributed by atoms with van der Waals surface area (Å²) in [5.41, 5.74) is 0.930. The summed E-state index contributed by atoms with van der Waals surface area (Å²) in [7, 11) is 0. The van der Waals surface area contributed by atoms with E-state index >= 15 is 0 Å². The number of hydrogen-bond acceptors (Lipinski definition) is 2. The molecule has 2 rings (SSSR count). The van der Waals surface area contributed by atoms with Gasteiger partial charge in [-0.05, 0) is 49.6 Å². The van der Waals surface area contributed by atoms with E-state index in [9.17, 15) is 0 Å². The van der Waals surface area contributed by atoms with Crippen LogP contribution in [0.25, 0.3) is 10.8 Å². The van der Waals surface area contributed by atoms with Gasteiger partial charge < -0.3 is 5.32 Å². The molecule has 19 heavy (non-hydrogen) atoms. The quantitative estimate of drug-likeness (QED) is 0.790. The molecule has 0 aliphatic heterocycles. The number of nitrogens with zero attached hydrogens (tertiary/aromatic N) is 1. The molecule has 0 unspecified atom stereocenters. The van der Waals surface area contributed by atoms with Crippen molar-refractivity contribution in [3.8, 4) is 6.07 Å². The lowest BCUT2D eigenvalue weighted by Gasteiger charge is -2.15. The van der Waals surface area contributed by atoms with Crippen LogP contribution in [-0.2, 0) is 0 Å². The maximum atomic E-state index is 8.96. The summed E-state index contributed by atoms with van der Waals surface area (Å²) in [6, 6.07) is 17.1. The average Bonchev–Trinajstić information content (AvgIpc) is 2.43. The van der Waals surface area contributed by atoms with Crippen molar-refractivity contribution in [3.05, 3.63) is 42.5 Å². The summed E-state index contributed by atoms with van der Waals surface area (Å²) in [6.07, 6.45) is 1.93. The minimum Gasteiger partial charge on any atom is -0.385 e. The van der Waals surface area contributed by atoms with Gasteiger partial charge in [-0.25, -0.2) is 0 Å². The smallest absolute Gasteiger partial charge is 0.0683 e. The fourth-order valence-electron chi connectivity index (χ4n) is 2.12. The Morgan fingerprint density at radius 3 is 2.58 bits per heavy atom. The molecule has 0 atom stereocenters. The zero-order chi connectivity index (χ0) is 13.7. The minimum atomic E-state index is -0.217. The lowest BCUT2D eigenvalue weighted by Crippen LogP contribution is -2.11. The van der Waals surface area contributed by atoms with Crippen molar-refractivity contribution in [2.24, 2.45) is 5.41 Å². The molecule has 0 heterocycles. The molecule has 0 amide bonds. The van der Waals surface area contributed by atoms with Crippen LogP contribution in [0.1, 0.15) is 26.7 Å². The SMILES string of the molecule is CC(C)(C#N)CCCNc1ccc2ccccc2c1. The maximum absolute atomic E-state index is 8.96. The van der Waals surface area contributed by atoms with Crippen LogP contribution in [0.4, 0.5) is 5.69 Å². The highest BCUT2D eigenvalue weighted by molar-refractivity contribution is 5.85. The fourth-order valence-corrected chi connectivity index (χ4v) is 2.12. The van der Waals surface area contributed by atoms with Gasteiger partial charge in [-0.15, -0.1) is 0 Å². The summed E-state index contributed by atoms with van der Waals surface area (Å²) < 4.78 is 0. The first-order chi connectivity index (χ1) is 9.11. The van der Waals surface area contributed by atoms with E-state index in [4.69, 9.17) is 5.26 Å². The van der Waals surface area contributed by atoms with Gasteiger partial charge in [0.1, 0.15) is 0 Å². The van der Waals surface area contributed by atoms with Crippen LogP contribution >= 0.6 is 0 Å². The predicted octanol–water partition coefficient (Wildman–Crippen LogP) is 4.58. The molecule has 0 spiro atoms. The van der Waals surface area contributed by atoms with E-state index in [-0.39, 0.29) is 5.41 Å². The van der Waals surface area contributed by atoms with E-state index in [0.29, 0.717) is 0 Å². The number of fused-ring (bicyclic) bond motifs is 1. The number of rotatable bonds is 5. The Balaban J connectivity index is 1.90. The summed E-state index contributed by atoms with van der Waals surface area (Å²) >= 11 is 0. The van der Waals surface area contributed by atoms with Crippen molar-refractivity contribution >= 4 is 16.5 Å². The number of anilines is 1. The maximum Gasteiger partial charge on any atom is 0.0683 e. The monoisotopic (exact) mass is 252 g/mol. The Kier molecular flexibility index (Phi) is 4.06. The van der Waals surface area contributed by atoms with Gasteiger partial charge in [0.2, 0.25) is 0 Å². The second-order valence-electron chi connectivity index (χ2n) is 5.59. The largest absolute Gasteiger partial charge is 0.385 e. The zero-order valence-electron chi connectivity index (χ0n) is 11.6. The number of nitriles is 1. The molecule has 0 fully saturated rings. The van der Waals surface area contributed by atoms with E-state index in [1.54, 1.807) is 0 Å².